The Hall–Kier alpha value is -0.0800. The molecule has 0 aliphatic rings. The van der Waals surface area contributed by atoms with Crippen LogP contribution in [0.3, 0.4) is 0 Å². The van der Waals surface area contributed by atoms with Crippen molar-refractivity contribution in [3.8, 4) is 0 Å². The smallest absolute Gasteiger partial charge is 0.225 e. The SMILES string of the molecule is CC[C@H](CC(=O)Cl)C(=O)Cl. The topological polar surface area (TPSA) is 34.1 Å². The summed E-state index contributed by atoms with van der Waals surface area (Å²) in [5.74, 6) is -0.410. The molecule has 0 aromatic carbocycles. The van der Waals surface area contributed by atoms with Gasteiger partial charge in [0.25, 0.3) is 0 Å². The van der Waals surface area contributed by atoms with E-state index in [9.17, 15) is 9.59 Å². The van der Waals surface area contributed by atoms with Gasteiger partial charge < -0.3 is 0 Å². The third-order valence-corrected chi connectivity index (χ3v) is 1.68. The van der Waals surface area contributed by atoms with Gasteiger partial charge in [-0.2, -0.15) is 0 Å². The molecule has 0 N–H and O–H groups in total. The van der Waals surface area contributed by atoms with Gasteiger partial charge in [0.1, 0.15) is 0 Å². The van der Waals surface area contributed by atoms with Crippen molar-refractivity contribution in [2.45, 2.75) is 19.8 Å². The molecule has 0 aromatic heterocycles. The maximum absolute atomic E-state index is 10.5. The van der Waals surface area contributed by atoms with Crippen LogP contribution in [-0.4, -0.2) is 10.5 Å². The van der Waals surface area contributed by atoms with E-state index in [-0.39, 0.29) is 6.42 Å². The van der Waals surface area contributed by atoms with Gasteiger partial charge in [-0.05, 0) is 29.6 Å². The Morgan fingerprint density at radius 2 is 1.90 bits per heavy atom. The van der Waals surface area contributed by atoms with E-state index in [1.165, 1.54) is 0 Å². The molecule has 0 fully saturated rings. The molecule has 58 valence electrons. The summed E-state index contributed by atoms with van der Waals surface area (Å²) in [6, 6.07) is 0. The zero-order valence-corrected chi connectivity index (χ0v) is 7.08. The molecule has 0 amide bonds. The summed E-state index contributed by atoms with van der Waals surface area (Å²) in [5.41, 5.74) is 0. The minimum Gasteiger partial charge on any atom is -0.281 e. The molecule has 0 heterocycles. The molecule has 0 spiro atoms. The molecular formula is C6H8Cl2O2. The number of hydrogen-bond acceptors (Lipinski definition) is 2. The minimum absolute atomic E-state index is 0.0421. The summed E-state index contributed by atoms with van der Waals surface area (Å²) in [6.07, 6.45) is 0.598. The Morgan fingerprint density at radius 3 is 2.00 bits per heavy atom. The molecule has 0 aliphatic heterocycles. The Balaban J connectivity index is 3.83. The van der Waals surface area contributed by atoms with Crippen molar-refractivity contribution in [3.63, 3.8) is 0 Å². The molecule has 1 atom stereocenters. The second kappa shape index (κ2) is 4.69. The summed E-state index contributed by atoms with van der Waals surface area (Å²) >= 11 is 10.2. The number of halogens is 2. The van der Waals surface area contributed by atoms with Crippen LogP contribution >= 0.6 is 23.2 Å². The van der Waals surface area contributed by atoms with Gasteiger partial charge in [0.15, 0.2) is 0 Å². The maximum Gasteiger partial charge on any atom is 0.225 e. The molecule has 0 unspecified atom stereocenters. The normalized spacial score (nSPS) is 12.7. The Morgan fingerprint density at radius 1 is 1.40 bits per heavy atom. The van der Waals surface area contributed by atoms with Crippen molar-refractivity contribution in [2.24, 2.45) is 5.92 Å². The first-order valence-electron chi connectivity index (χ1n) is 2.95. The van der Waals surface area contributed by atoms with E-state index in [2.05, 4.69) is 0 Å². The fraction of sp³-hybridized carbons (Fsp3) is 0.667. The Kier molecular flexibility index (Phi) is 4.65. The van der Waals surface area contributed by atoms with Gasteiger partial charge in [-0.1, -0.05) is 6.92 Å². The average Bonchev–Trinajstić information content (AvgIpc) is 1.81. The van der Waals surface area contributed by atoms with Crippen molar-refractivity contribution in [2.75, 3.05) is 0 Å². The fourth-order valence-corrected chi connectivity index (χ4v) is 0.997. The molecule has 0 radical (unpaired) electrons. The molecule has 0 saturated carbocycles. The zero-order valence-electron chi connectivity index (χ0n) is 5.56. The lowest BCUT2D eigenvalue weighted by molar-refractivity contribution is -0.119. The highest BCUT2D eigenvalue weighted by molar-refractivity contribution is 6.66. The van der Waals surface area contributed by atoms with Crippen molar-refractivity contribution in [3.05, 3.63) is 0 Å². The molecule has 0 aromatic rings. The Bertz CT molecular complexity index is 145. The van der Waals surface area contributed by atoms with E-state index in [4.69, 9.17) is 23.2 Å². The Labute approximate surface area is 69.5 Å². The molecule has 0 aliphatic carbocycles. The van der Waals surface area contributed by atoms with Crippen LogP contribution in [0.5, 0.6) is 0 Å². The third kappa shape index (κ3) is 3.85. The van der Waals surface area contributed by atoms with Gasteiger partial charge >= 0.3 is 0 Å². The van der Waals surface area contributed by atoms with E-state index >= 15 is 0 Å². The summed E-state index contributed by atoms with van der Waals surface area (Å²) in [5, 5.41) is -1.00. The van der Waals surface area contributed by atoms with Crippen LogP contribution in [0.15, 0.2) is 0 Å². The highest BCUT2D eigenvalue weighted by Gasteiger charge is 2.16. The number of rotatable bonds is 4. The van der Waals surface area contributed by atoms with Gasteiger partial charge in [0, 0.05) is 12.3 Å². The highest BCUT2D eigenvalue weighted by Crippen LogP contribution is 2.13. The highest BCUT2D eigenvalue weighted by atomic mass is 35.5. The van der Waals surface area contributed by atoms with Crippen LogP contribution in [-0.2, 0) is 9.59 Å². The summed E-state index contributed by atoms with van der Waals surface area (Å²) in [7, 11) is 0. The van der Waals surface area contributed by atoms with Gasteiger partial charge in [-0.3, -0.25) is 9.59 Å². The average molecular weight is 183 g/mol. The monoisotopic (exact) mass is 182 g/mol. The summed E-state index contributed by atoms with van der Waals surface area (Å²) in [6.45, 7) is 1.78. The van der Waals surface area contributed by atoms with E-state index < -0.39 is 16.4 Å². The molecular weight excluding hydrogens is 175 g/mol. The number of hydrogen-bond donors (Lipinski definition) is 0. The van der Waals surface area contributed by atoms with Crippen LogP contribution < -0.4 is 0 Å². The molecule has 2 nitrogen and oxygen atoms in total. The van der Waals surface area contributed by atoms with Gasteiger partial charge in [-0.25, -0.2) is 0 Å². The van der Waals surface area contributed by atoms with Crippen molar-refractivity contribution in [1.82, 2.24) is 0 Å². The first-order valence-corrected chi connectivity index (χ1v) is 3.71. The molecule has 4 heteroatoms. The second-order valence-corrected chi connectivity index (χ2v) is 2.76. The first-order chi connectivity index (χ1) is 4.57. The van der Waals surface area contributed by atoms with Crippen LogP contribution in [0.2, 0.25) is 0 Å². The summed E-state index contributed by atoms with van der Waals surface area (Å²) < 4.78 is 0. The largest absolute Gasteiger partial charge is 0.281 e. The van der Waals surface area contributed by atoms with Crippen LogP contribution in [0.4, 0.5) is 0 Å². The number of carbonyl (C=O) groups is 2. The quantitative estimate of drug-likeness (QED) is 0.624. The predicted molar refractivity (Wildman–Crippen MR) is 40.1 cm³/mol. The van der Waals surface area contributed by atoms with E-state index in [0.717, 1.165) is 0 Å². The zero-order chi connectivity index (χ0) is 8.15. The third-order valence-electron chi connectivity index (χ3n) is 1.22. The van der Waals surface area contributed by atoms with E-state index in [1.807, 2.05) is 0 Å². The number of carbonyl (C=O) groups excluding carboxylic acids is 2. The van der Waals surface area contributed by atoms with Gasteiger partial charge in [-0.15, -0.1) is 0 Å². The van der Waals surface area contributed by atoms with Crippen molar-refractivity contribution >= 4 is 33.7 Å². The van der Waals surface area contributed by atoms with Gasteiger partial charge in [0.05, 0.1) is 0 Å². The van der Waals surface area contributed by atoms with Crippen LogP contribution in [0.1, 0.15) is 19.8 Å². The fourth-order valence-electron chi connectivity index (χ4n) is 0.579. The second-order valence-electron chi connectivity index (χ2n) is 1.97. The minimum atomic E-state index is -0.513. The van der Waals surface area contributed by atoms with Crippen LogP contribution in [0, 0.1) is 5.92 Å². The molecule has 0 rings (SSSR count). The van der Waals surface area contributed by atoms with Gasteiger partial charge in [0.2, 0.25) is 10.5 Å². The van der Waals surface area contributed by atoms with E-state index in [0.29, 0.717) is 6.42 Å². The predicted octanol–water partition coefficient (Wildman–Crippen LogP) is 1.93. The summed E-state index contributed by atoms with van der Waals surface area (Å²) in [4.78, 5) is 20.7. The molecule has 10 heavy (non-hydrogen) atoms. The first kappa shape index (κ1) is 9.92. The van der Waals surface area contributed by atoms with Crippen molar-refractivity contribution < 1.29 is 9.59 Å². The lowest BCUT2D eigenvalue weighted by atomic mass is 10.1. The van der Waals surface area contributed by atoms with Crippen molar-refractivity contribution in [1.29, 1.82) is 0 Å². The van der Waals surface area contributed by atoms with Crippen LogP contribution in [0.25, 0.3) is 0 Å². The lowest BCUT2D eigenvalue weighted by Gasteiger charge is -2.03. The lowest BCUT2D eigenvalue weighted by Crippen LogP contribution is -2.10. The standard InChI is InChI=1S/C6H8Cl2O2/c1-2-4(6(8)10)3-5(7)9/h4H,2-3H2,1H3/t4-/m1/s1. The molecule has 0 saturated heterocycles. The van der Waals surface area contributed by atoms with E-state index in [1.54, 1.807) is 6.92 Å². The molecule has 0 bridgehead atoms. The maximum atomic E-state index is 10.5.